The maximum absolute atomic E-state index is 12.8. The van der Waals surface area contributed by atoms with Crippen LogP contribution in [0.2, 0.25) is 0 Å². The Hall–Kier alpha value is -2.15. The minimum Gasteiger partial charge on any atom is -0.459 e. The average molecular weight is 370 g/mol. The highest BCUT2D eigenvalue weighted by Crippen LogP contribution is 2.46. The van der Waals surface area contributed by atoms with Gasteiger partial charge in [-0.1, -0.05) is 12.8 Å². The Morgan fingerprint density at radius 3 is 2.81 bits per heavy atom. The number of aryl methyl sites for hydroxylation is 1. The smallest absolute Gasteiger partial charge is 0.289 e. The van der Waals surface area contributed by atoms with Crippen molar-refractivity contribution in [3.8, 4) is 0 Å². The number of furan rings is 1. The van der Waals surface area contributed by atoms with Crippen LogP contribution in [0.15, 0.2) is 27.2 Å². The summed E-state index contributed by atoms with van der Waals surface area (Å²) in [6.07, 6.45) is 7.61. The van der Waals surface area contributed by atoms with Crippen LogP contribution in [-0.2, 0) is 5.41 Å². The van der Waals surface area contributed by atoms with E-state index in [4.69, 9.17) is 8.83 Å². The molecule has 2 aromatic rings. The van der Waals surface area contributed by atoms with E-state index in [0.717, 1.165) is 25.4 Å². The number of hydrogen-bond donors (Lipinski definition) is 0. The molecular weight excluding hydrogens is 344 g/mol. The molecule has 0 bridgehead atoms. The average Bonchev–Trinajstić information content (AvgIpc) is 3.46. The second-order valence-corrected chi connectivity index (χ2v) is 8.33. The molecule has 3 fully saturated rings. The molecule has 1 aliphatic carbocycles. The molecule has 4 heterocycles. The summed E-state index contributed by atoms with van der Waals surface area (Å²) >= 11 is 0. The van der Waals surface area contributed by atoms with E-state index in [0.29, 0.717) is 36.7 Å². The van der Waals surface area contributed by atoms with Gasteiger partial charge < -0.3 is 13.7 Å². The molecule has 1 saturated carbocycles. The maximum atomic E-state index is 12.8. The van der Waals surface area contributed by atoms with E-state index in [2.05, 4.69) is 15.1 Å². The lowest BCUT2D eigenvalue weighted by molar-refractivity contribution is 0.0538. The molecule has 3 aliphatic rings. The van der Waals surface area contributed by atoms with E-state index < -0.39 is 0 Å². The van der Waals surface area contributed by atoms with E-state index in [1.165, 1.54) is 25.7 Å². The summed E-state index contributed by atoms with van der Waals surface area (Å²) < 4.78 is 11.3. The Labute approximate surface area is 158 Å². The third kappa shape index (κ3) is 2.79. The second-order valence-electron chi connectivity index (χ2n) is 8.33. The van der Waals surface area contributed by atoms with Gasteiger partial charge in [-0.05, 0) is 31.4 Å². The van der Waals surface area contributed by atoms with Gasteiger partial charge in [0.15, 0.2) is 5.76 Å². The van der Waals surface area contributed by atoms with Gasteiger partial charge >= 0.3 is 0 Å². The van der Waals surface area contributed by atoms with Crippen LogP contribution in [0.4, 0.5) is 0 Å². The van der Waals surface area contributed by atoms with Gasteiger partial charge in [0.05, 0.1) is 11.7 Å². The molecule has 7 nitrogen and oxygen atoms in total. The molecule has 2 atom stereocenters. The van der Waals surface area contributed by atoms with Crippen molar-refractivity contribution in [2.75, 3.05) is 26.2 Å². The molecule has 144 valence electrons. The van der Waals surface area contributed by atoms with Gasteiger partial charge in [0.1, 0.15) is 0 Å². The third-order valence-electron chi connectivity index (χ3n) is 6.80. The minimum atomic E-state index is -0.135. The van der Waals surface area contributed by atoms with Gasteiger partial charge in [0, 0.05) is 45.1 Å². The number of carbonyl (C=O) groups excluding carboxylic acids is 1. The van der Waals surface area contributed by atoms with Crippen molar-refractivity contribution < 1.29 is 13.6 Å². The first-order chi connectivity index (χ1) is 13.2. The molecule has 5 rings (SSSR count). The van der Waals surface area contributed by atoms with Gasteiger partial charge in [-0.3, -0.25) is 9.69 Å². The van der Waals surface area contributed by atoms with Crippen molar-refractivity contribution in [2.45, 2.75) is 50.5 Å². The first-order valence-corrected chi connectivity index (χ1v) is 10.0. The molecule has 0 unspecified atom stereocenters. The lowest BCUT2D eigenvalue weighted by Crippen LogP contribution is -2.51. The molecular formula is C20H26N4O3. The van der Waals surface area contributed by atoms with Crippen LogP contribution in [0.5, 0.6) is 0 Å². The van der Waals surface area contributed by atoms with Crippen LogP contribution in [0, 0.1) is 12.8 Å². The summed E-state index contributed by atoms with van der Waals surface area (Å²) in [4.78, 5) is 17.4. The Morgan fingerprint density at radius 1 is 1.26 bits per heavy atom. The predicted molar refractivity (Wildman–Crippen MR) is 97.3 cm³/mol. The first-order valence-electron chi connectivity index (χ1n) is 10.0. The van der Waals surface area contributed by atoms with E-state index in [9.17, 15) is 4.79 Å². The predicted octanol–water partition coefficient (Wildman–Crippen LogP) is 2.63. The van der Waals surface area contributed by atoms with E-state index in [1.807, 2.05) is 11.8 Å². The molecule has 27 heavy (non-hydrogen) atoms. The minimum absolute atomic E-state index is 0.0189. The summed E-state index contributed by atoms with van der Waals surface area (Å²) in [6, 6.07) is 4.16. The highest BCUT2D eigenvalue weighted by molar-refractivity contribution is 5.91. The molecule has 1 amide bonds. The number of amides is 1. The second kappa shape index (κ2) is 6.48. The summed E-state index contributed by atoms with van der Waals surface area (Å²) in [5, 5.41) is 8.52. The summed E-state index contributed by atoms with van der Waals surface area (Å²) in [6.45, 7) is 5.21. The standard InChI is InChI=1S/C20H26N4O3/c1-14-21-22-19(27-14)20-8-9-23(18(25)17-7-4-10-26-17)11-15(20)12-24(13-20)16-5-2-3-6-16/h4,7,10,15-16H,2-3,5-6,8-9,11-13H2,1H3/t15-,20-/m0/s1. The topological polar surface area (TPSA) is 75.6 Å². The van der Waals surface area contributed by atoms with E-state index in [-0.39, 0.29) is 11.3 Å². The zero-order chi connectivity index (χ0) is 18.4. The molecule has 7 heteroatoms. The number of hydrogen-bond acceptors (Lipinski definition) is 6. The maximum Gasteiger partial charge on any atom is 0.289 e. The quantitative estimate of drug-likeness (QED) is 0.827. The summed E-state index contributed by atoms with van der Waals surface area (Å²) in [7, 11) is 0. The molecule has 0 radical (unpaired) electrons. The molecule has 2 saturated heterocycles. The molecule has 0 spiro atoms. The lowest BCUT2D eigenvalue weighted by Gasteiger charge is -2.41. The zero-order valence-corrected chi connectivity index (χ0v) is 15.8. The number of piperidine rings is 1. The Bertz CT molecular complexity index is 811. The van der Waals surface area contributed by atoms with Gasteiger partial charge in [-0.15, -0.1) is 10.2 Å². The Balaban J connectivity index is 1.42. The lowest BCUT2D eigenvalue weighted by atomic mass is 9.72. The van der Waals surface area contributed by atoms with E-state index in [1.54, 1.807) is 18.4 Å². The number of nitrogens with zero attached hydrogens (tertiary/aromatic N) is 4. The van der Waals surface area contributed by atoms with Crippen molar-refractivity contribution in [1.82, 2.24) is 20.0 Å². The monoisotopic (exact) mass is 370 g/mol. The van der Waals surface area contributed by atoms with Crippen LogP contribution >= 0.6 is 0 Å². The van der Waals surface area contributed by atoms with Crippen molar-refractivity contribution in [3.05, 3.63) is 35.9 Å². The van der Waals surface area contributed by atoms with Crippen molar-refractivity contribution >= 4 is 5.91 Å². The third-order valence-corrected chi connectivity index (χ3v) is 6.80. The normalized spacial score (nSPS) is 29.4. The number of likely N-dealkylation sites (tertiary alicyclic amines) is 2. The Kier molecular flexibility index (Phi) is 4.07. The highest BCUT2D eigenvalue weighted by Gasteiger charge is 2.55. The fourth-order valence-electron chi connectivity index (χ4n) is 5.36. The number of aromatic nitrogens is 2. The van der Waals surface area contributed by atoms with Crippen molar-refractivity contribution in [1.29, 1.82) is 0 Å². The van der Waals surface area contributed by atoms with Gasteiger partial charge in [-0.2, -0.15) is 0 Å². The summed E-state index contributed by atoms with van der Waals surface area (Å²) in [5.41, 5.74) is -0.135. The molecule has 2 aromatic heterocycles. The van der Waals surface area contributed by atoms with Crippen molar-refractivity contribution in [2.24, 2.45) is 5.92 Å². The fraction of sp³-hybridized carbons (Fsp3) is 0.650. The zero-order valence-electron chi connectivity index (χ0n) is 15.8. The highest BCUT2D eigenvalue weighted by atomic mass is 16.4. The fourth-order valence-corrected chi connectivity index (χ4v) is 5.36. The number of carbonyl (C=O) groups is 1. The van der Waals surface area contributed by atoms with Crippen LogP contribution in [0.1, 0.15) is 54.4 Å². The van der Waals surface area contributed by atoms with Crippen LogP contribution < -0.4 is 0 Å². The summed E-state index contributed by atoms with van der Waals surface area (Å²) in [5.74, 6) is 2.09. The van der Waals surface area contributed by atoms with Crippen molar-refractivity contribution in [3.63, 3.8) is 0 Å². The molecule has 2 aliphatic heterocycles. The van der Waals surface area contributed by atoms with Gasteiger partial charge in [-0.25, -0.2) is 0 Å². The Morgan fingerprint density at radius 2 is 2.11 bits per heavy atom. The number of rotatable bonds is 3. The largest absolute Gasteiger partial charge is 0.459 e. The van der Waals surface area contributed by atoms with E-state index >= 15 is 0 Å². The number of fused-ring (bicyclic) bond motifs is 1. The van der Waals surface area contributed by atoms with Gasteiger partial charge in [0.25, 0.3) is 5.91 Å². The first kappa shape index (κ1) is 17.0. The molecule has 0 aromatic carbocycles. The van der Waals surface area contributed by atoms with Crippen LogP contribution in [0.25, 0.3) is 0 Å². The van der Waals surface area contributed by atoms with Crippen LogP contribution in [0.3, 0.4) is 0 Å². The molecule has 0 N–H and O–H groups in total. The van der Waals surface area contributed by atoms with Crippen LogP contribution in [-0.4, -0.2) is 58.1 Å². The SMILES string of the molecule is Cc1nnc([C@]23CCN(C(=O)c4ccco4)C[C@H]2CN(C2CCCC2)C3)o1. The van der Waals surface area contributed by atoms with Gasteiger partial charge in [0.2, 0.25) is 11.8 Å².